The maximum Gasteiger partial charge on any atom is 0.255 e. The number of β-amino-alcohol motifs (C(OH)–C–C–N with tert-alkyl or cyclic N) is 1. The first-order chi connectivity index (χ1) is 15.9. The number of amides is 1. The molecule has 4 N–H and O–H groups in total. The molecule has 1 fully saturated rings. The van der Waals surface area contributed by atoms with E-state index in [0.717, 1.165) is 11.3 Å². The zero-order chi connectivity index (χ0) is 23.4. The van der Waals surface area contributed by atoms with Crippen molar-refractivity contribution in [3.05, 3.63) is 59.7 Å². The lowest BCUT2D eigenvalue weighted by molar-refractivity contribution is 0.0400. The molecule has 1 amide bonds. The van der Waals surface area contributed by atoms with Crippen molar-refractivity contribution in [1.82, 2.24) is 10.2 Å². The molecule has 0 bridgehead atoms. The molecule has 1 unspecified atom stereocenters. The molecule has 4 atom stereocenters. The summed E-state index contributed by atoms with van der Waals surface area (Å²) in [5.41, 5.74) is 0.867. The van der Waals surface area contributed by atoms with Gasteiger partial charge in [0.2, 0.25) is 0 Å². The van der Waals surface area contributed by atoms with E-state index < -0.39 is 23.7 Å². The van der Waals surface area contributed by atoms with Crippen molar-refractivity contribution in [2.24, 2.45) is 5.41 Å². The molecule has 1 heterocycles. The summed E-state index contributed by atoms with van der Waals surface area (Å²) < 4.78 is 11.5. The summed E-state index contributed by atoms with van der Waals surface area (Å²) in [6.45, 7) is 1.68. The van der Waals surface area contributed by atoms with E-state index in [-0.39, 0.29) is 19.1 Å². The number of fused-ring (bicyclic) bond motifs is 1. The number of carbonyl (C=O) groups is 1. The Morgan fingerprint density at radius 3 is 2.64 bits per heavy atom. The summed E-state index contributed by atoms with van der Waals surface area (Å²) in [6.07, 6.45) is -1.74. The first kappa shape index (κ1) is 23.5. The maximum absolute atomic E-state index is 12.7. The van der Waals surface area contributed by atoms with Gasteiger partial charge in [0.05, 0.1) is 37.6 Å². The molecule has 8 heteroatoms. The quantitative estimate of drug-likeness (QED) is 0.549. The number of aliphatic hydroxyl groups excluding tert-OH is 3. The number of methoxy groups -OCH3 is 1. The number of para-hydroxylation sites is 1. The van der Waals surface area contributed by atoms with Gasteiger partial charge in [-0.1, -0.05) is 24.3 Å². The van der Waals surface area contributed by atoms with Crippen LogP contribution >= 0.6 is 0 Å². The van der Waals surface area contributed by atoms with Crippen LogP contribution in [0.1, 0.15) is 28.8 Å². The number of aliphatic hydroxyl groups is 3. The Hall–Kier alpha value is -2.65. The maximum atomic E-state index is 12.7. The number of carbonyl (C=O) groups excluding carboxylic acids is 1. The van der Waals surface area contributed by atoms with Gasteiger partial charge in [0, 0.05) is 31.6 Å². The standard InChI is InChI=1S/C25H32N2O6/c1-32-19-6-4-5-17(9-19)13-27-14-18(28)12-26-24(31)20-7-2-3-8-23(20)33-16-25(15-27)10-21(29)22(30)11-25/h2-9,18,21-22,28-30H,10-16H2,1H3,(H,26,31)/t18-,21-,22+,25?/m0/s1. The smallest absolute Gasteiger partial charge is 0.255 e. The Bertz CT molecular complexity index is 957. The van der Waals surface area contributed by atoms with E-state index in [2.05, 4.69) is 10.2 Å². The minimum Gasteiger partial charge on any atom is -0.497 e. The fourth-order valence-corrected chi connectivity index (χ4v) is 4.90. The van der Waals surface area contributed by atoms with Crippen LogP contribution in [0.25, 0.3) is 0 Å². The topological polar surface area (TPSA) is 111 Å². The van der Waals surface area contributed by atoms with Crippen LogP contribution in [0.3, 0.4) is 0 Å². The molecule has 4 rings (SSSR count). The van der Waals surface area contributed by atoms with E-state index in [1.54, 1.807) is 31.4 Å². The summed E-state index contributed by atoms with van der Waals surface area (Å²) in [7, 11) is 1.62. The third kappa shape index (κ3) is 5.65. The van der Waals surface area contributed by atoms with Crippen molar-refractivity contribution in [2.75, 3.05) is 33.4 Å². The van der Waals surface area contributed by atoms with Gasteiger partial charge in [-0.15, -0.1) is 0 Å². The van der Waals surface area contributed by atoms with Crippen molar-refractivity contribution in [2.45, 2.75) is 37.7 Å². The van der Waals surface area contributed by atoms with Crippen LogP contribution in [-0.4, -0.2) is 77.8 Å². The Balaban J connectivity index is 1.64. The molecule has 33 heavy (non-hydrogen) atoms. The summed E-state index contributed by atoms with van der Waals surface area (Å²) in [4.78, 5) is 14.8. The molecule has 0 radical (unpaired) electrons. The number of hydrogen-bond acceptors (Lipinski definition) is 7. The van der Waals surface area contributed by atoms with Gasteiger partial charge in [0.25, 0.3) is 5.91 Å². The Morgan fingerprint density at radius 2 is 1.88 bits per heavy atom. The predicted molar refractivity (Wildman–Crippen MR) is 122 cm³/mol. The van der Waals surface area contributed by atoms with Gasteiger partial charge in [-0.2, -0.15) is 0 Å². The van der Waals surface area contributed by atoms with Crippen LogP contribution in [0, 0.1) is 5.41 Å². The minimum atomic E-state index is -0.844. The van der Waals surface area contributed by atoms with E-state index in [9.17, 15) is 20.1 Å². The van der Waals surface area contributed by atoms with Crippen LogP contribution in [0.15, 0.2) is 48.5 Å². The highest BCUT2D eigenvalue weighted by Crippen LogP contribution is 2.40. The molecule has 8 nitrogen and oxygen atoms in total. The van der Waals surface area contributed by atoms with Gasteiger partial charge in [-0.3, -0.25) is 9.69 Å². The van der Waals surface area contributed by atoms with Crippen LogP contribution in [0.4, 0.5) is 0 Å². The highest BCUT2D eigenvalue weighted by molar-refractivity contribution is 5.96. The molecule has 2 aromatic rings. The second-order valence-electron chi connectivity index (χ2n) is 9.21. The van der Waals surface area contributed by atoms with Crippen molar-refractivity contribution in [3.8, 4) is 11.5 Å². The Kier molecular flexibility index (Phi) is 7.19. The summed E-state index contributed by atoms with van der Waals surface area (Å²) in [5, 5.41) is 34.3. The second-order valence-corrected chi connectivity index (χ2v) is 9.21. The van der Waals surface area contributed by atoms with E-state index >= 15 is 0 Å². The molecule has 1 aliphatic carbocycles. The van der Waals surface area contributed by atoms with Crippen LogP contribution in [0.2, 0.25) is 0 Å². The van der Waals surface area contributed by atoms with Gasteiger partial charge in [-0.25, -0.2) is 0 Å². The number of nitrogens with one attached hydrogen (secondary N) is 1. The van der Waals surface area contributed by atoms with E-state index in [1.807, 2.05) is 24.3 Å². The molecule has 2 aromatic carbocycles. The van der Waals surface area contributed by atoms with Gasteiger partial charge in [-0.05, 0) is 42.7 Å². The Morgan fingerprint density at radius 1 is 1.12 bits per heavy atom. The molecule has 0 aromatic heterocycles. The first-order valence-electron chi connectivity index (χ1n) is 11.3. The first-order valence-corrected chi connectivity index (χ1v) is 11.3. The number of ether oxygens (including phenoxy) is 2. The lowest BCUT2D eigenvalue weighted by Gasteiger charge is -2.37. The molecule has 1 aliphatic heterocycles. The van der Waals surface area contributed by atoms with Crippen LogP contribution < -0.4 is 14.8 Å². The second kappa shape index (κ2) is 10.1. The number of benzene rings is 2. The van der Waals surface area contributed by atoms with Gasteiger partial charge in [0.15, 0.2) is 0 Å². The van der Waals surface area contributed by atoms with Gasteiger partial charge >= 0.3 is 0 Å². The van der Waals surface area contributed by atoms with Crippen LogP contribution in [-0.2, 0) is 6.54 Å². The largest absolute Gasteiger partial charge is 0.497 e. The van der Waals surface area contributed by atoms with Crippen LogP contribution in [0.5, 0.6) is 11.5 Å². The monoisotopic (exact) mass is 456 g/mol. The third-order valence-electron chi connectivity index (χ3n) is 6.46. The zero-order valence-electron chi connectivity index (χ0n) is 18.8. The van der Waals surface area contributed by atoms with Crippen molar-refractivity contribution in [1.29, 1.82) is 0 Å². The highest BCUT2D eigenvalue weighted by Gasteiger charge is 2.46. The van der Waals surface area contributed by atoms with Gasteiger partial charge < -0.3 is 30.1 Å². The fraction of sp³-hybridized carbons (Fsp3) is 0.480. The van der Waals surface area contributed by atoms with Crippen molar-refractivity contribution in [3.63, 3.8) is 0 Å². The third-order valence-corrected chi connectivity index (χ3v) is 6.46. The highest BCUT2D eigenvalue weighted by atomic mass is 16.5. The van der Waals surface area contributed by atoms with Crippen molar-refractivity contribution >= 4 is 5.91 Å². The normalized spacial score (nSPS) is 28.8. The average Bonchev–Trinajstić information content (AvgIpc) is 3.08. The Labute approximate surface area is 193 Å². The predicted octanol–water partition coefficient (Wildman–Crippen LogP) is 1.18. The number of nitrogens with zero attached hydrogens (tertiary/aromatic N) is 1. The molecular formula is C25H32N2O6. The lowest BCUT2D eigenvalue weighted by Crippen LogP contribution is -2.46. The minimum absolute atomic E-state index is 0.0973. The average molecular weight is 457 g/mol. The molecule has 178 valence electrons. The van der Waals surface area contributed by atoms with Crippen molar-refractivity contribution < 1.29 is 29.6 Å². The van der Waals surface area contributed by atoms with Gasteiger partial charge in [0.1, 0.15) is 11.5 Å². The number of hydrogen-bond donors (Lipinski definition) is 4. The number of rotatable bonds is 3. The molecule has 0 saturated heterocycles. The molecule has 2 aliphatic rings. The van der Waals surface area contributed by atoms with E-state index in [1.165, 1.54) is 0 Å². The van der Waals surface area contributed by atoms with E-state index in [0.29, 0.717) is 43.8 Å². The summed E-state index contributed by atoms with van der Waals surface area (Å²) in [5.74, 6) is 0.876. The molecule has 1 saturated carbocycles. The SMILES string of the molecule is COc1cccc(CN2C[C@@H](O)CNC(=O)c3ccccc3OCC3(C[C@@H](O)[C@@H](O)C3)C2)c1. The molecular weight excluding hydrogens is 424 g/mol. The fourth-order valence-electron chi connectivity index (χ4n) is 4.90. The molecule has 1 spiro atoms. The summed E-state index contributed by atoms with van der Waals surface area (Å²) in [6, 6.07) is 14.7. The summed E-state index contributed by atoms with van der Waals surface area (Å²) >= 11 is 0. The zero-order valence-corrected chi connectivity index (χ0v) is 18.8. The van der Waals surface area contributed by atoms with E-state index in [4.69, 9.17) is 9.47 Å². The lowest BCUT2D eigenvalue weighted by atomic mass is 9.85.